The molecule has 2 heterocycles. The highest BCUT2D eigenvalue weighted by Gasteiger charge is 2.16. The third-order valence-corrected chi connectivity index (χ3v) is 6.07. The van der Waals surface area contributed by atoms with Crippen LogP contribution < -0.4 is 0 Å². The number of benzene rings is 1. The second-order valence-electron chi connectivity index (χ2n) is 6.94. The normalized spacial score (nSPS) is 10.7. The van der Waals surface area contributed by atoms with Crippen molar-refractivity contribution in [3.63, 3.8) is 0 Å². The second-order valence-corrected chi connectivity index (χ2v) is 8.55. The van der Waals surface area contributed by atoms with Gasteiger partial charge in [-0.3, -0.25) is 9.78 Å². The third-order valence-electron chi connectivity index (χ3n) is 4.70. The fourth-order valence-corrected chi connectivity index (χ4v) is 4.33. The largest absolute Gasteiger partial charge is 0.477 e. The number of carboxylic acid groups (broad SMARTS) is 1. The van der Waals surface area contributed by atoms with E-state index in [0.717, 1.165) is 36.1 Å². The van der Waals surface area contributed by atoms with Gasteiger partial charge >= 0.3 is 5.97 Å². The Balaban J connectivity index is 1.59. The highest BCUT2D eigenvalue weighted by Crippen LogP contribution is 2.19. The Morgan fingerprint density at radius 3 is 2.50 bits per heavy atom. The van der Waals surface area contributed by atoms with Gasteiger partial charge in [-0.25, -0.2) is 4.79 Å². The molecular formula is C23H23ClN2O3S. The number of halogens is 1. The number of aromatic nitrogens is 1. The van der Waals surface area contributed by atoms with E-state index in [1.165, 1.54) is 11.3 Å². The van der Waals surface area contributed by atoms with Crippen molar-refractivity contribution in [1.82, 2.24) is 9.88 Å². The molecule has 1 N–H and O–H groups in total. The zero-order chi connectivity index (χ0) is 21.3. The molecule has 0 atom stereocenters. The molecule has 0 fully saturated rings. The summed E-state index contributed by atoms with van der Waals surface area (Å²) in [5.74, 6) is -0.938. The molecule has 5 nitrogen and oxygen atoms in total. The van der Waals surface area contributed by atoms with Gasteiger partial charge in [-0.05, 0) is 67.6 Å². The number of hydrogen-bond donors (Lipinski definition) is 1. The maximum absolute atomic E-state index is 13.0. The van der Waals surface area contributed by atoms with Gasteiger partial charge in [0.25, 0.3) is 5.91 Å². The maximum Gasteiger partial charge on any atom is 0.345 e. The maximum atomic E-state index is 13.0. The van der Waals surface area contributed by atoms with Crippen LogP contribution in [-0.2, 0) is 12.8 Å². The highest BCUT2D eigenvalue weighted by atomic mass is 35.5. The molecule has 0 aliphatic carbocycles. The van der Waals surface area contributed by atoms with Crippen LogP contribution in [0.3, 0.4) is 0 Å². The fourth-order valence-electron chi connectivity index (χ4n) is 3.22. The number of thiophene rings is 1. The van der Waals surface area contributed by atoms with Crippen LogP contribution in [0, 0.1) is 0 Å². The molecule has 0 bridgehead atoms. The number of rotatable bonds is 10. The van der Waals surface area contributed by atoms with E-state index in [1.54, 1.807) is 30.6 Å². The average Bonchev–Trinajstić information content (AvgIpc) is 3.22. The summed E-state index contributed by atoms with van der Waals surface area (Å²) in [7, 11) is 0. The topological polar surface area (TPSA) is 70.5 Å². The molecule has 0 radical (unpaired) electrons. The summed E-state index contributed by atoms with van der Waals surface area (Å²) in [5.41, 5.74) is 1.72. The number of aryl methyl sites for hydroxylation is 2. The van der Waals surface area contributed by atoms with Gasteiger partial charge in [-0.1, -0.05) is 23.7 Å². The molecule has 30 heavy (non-hydrogen) atoms. The fraction of sp³-hybridized carbons (Fsp3) is 0.261. The van der Waals surface area contributed by atoms with Crippen LogP contribution in [0.1, 0.15) is 43.3 Å². The predicted octanol–water partition coefficient (Wildman–Crippen LogP) is 5.20. The van der Waals surface area contributed by atoms with Crippen molar-refractivity contribution in [2.24, 2.45) is 0 Å². The first-order valence-electron chi connectivity index (χ1n) is 9.78. The number of nitrogens with zero attached hydrogens (tertiary/aromatic N) is 2. The third kappa shape index (κ3) is 6.40. The van der Waals surface area contributed by atoms with E-state index in [9.17, 15) is 9.59 Å². The van der Waals surface area contributed by atoms with E-state index >= 15 is 0 Å². The lowest BCUT2D eigenvalue weighted by atomic mass is 10.1. The van der Waals surface area contributed by atoms with Gasteiger partial charge in [-0.2, -0.15) is 0 Å². The average molecular weight is 443 g/mol. The molecule has 0 aliphatic rings. The summed E-state index contributed by atoms with van der Waals surface area (Å²) in [4.78, 5) is 31.3. The molecule has 3 aromatic rings. The van der Waals surface area contributed by atoms with Gasteiger partial charge in [0.15, 0.2) is 0 Å². The number of pyridine rings is 1. The Labute approximate surface area is 185 Å². The number of aromatic carboxylic acids is 1. The van der Waals surface area contributed by atoms with Gasteiger partial charge in [0.05, 0.1) is 5.56 Å². The van der Waals surface area contributed by atoms with Gasteiger partial charge in [0, 0.05) is 35.4 Å². The lowest BCUT2D eigenvalue weighted by Crippen LogP contribution is -2.33. The van der Waals surface area contributed by atoms with Crippen LogP contribution in [0.2, 0.25) is 5.02 Å². The molecule has 0 saturated heterocycles. The van der Waals surface area contributed by atoms with Crippen molar-refractivity contribution in [2.45, 2.75) is 25.7 Å². The summed E-state index contributed by atoms with van der Waals surface area (Å²) in [6, 6.07) is 14.8. The zero-order valence-electron chi connectivity index (χ0n) is 16.5. The standard InChI is InChI=1S/C23H23ClN2O3S/c24-19-8-1-5-17(15-19)6-3-13-26(22(27)18-7-2-12-25-16-18)14-4-9-20-10-11-21(30-20)23(28)29/h1-2,5,7-8,10-12,15-16H,3-4,6,9,13-14H2,(H,28,29). The molecule has 0 unspecified atom stereocenters. The van der Waals surface area contributed by atoms with Gasteiger partial charge in [-0.15, -0.1) is 11.3 Å². The molecule has 0 spiro atoms. The van der Waals surface area contributed by atoms with Crippen molar-refractivity contribution in [3.8, 4) is 0 Å². The van der Waals surface area contributed by atoms with Crippen LogP contribution in [-0.4, -0.2) is 40.0 Å². The van der Waals surface area contributed by atoms with E-state index in [0.29, 0.717) is 28.6 Å². The Kier molecular flexibility index (Phi) is 7.99. The molecule has 2 aromatic heterocycles. The molecular weight excluding hydrogens is 420 g/mol. The summed E-state index contributed by atoms with van der Waals surface area (Å²) in [6.07, 6.45) is 6.41. The zero-order valence-corrected chi connectivity index (χ0v) is 18.0. The SMILES string of the molecule is O=C(O)c1ccc(CCCN(CCCc2cccc(Cl)c2)C(=O)c2cccnc2)s1. The van der Waals surface area contributed by atoms with Crippen molar-refractivity contribution in [3.05, 3.63) is 86.8 Å². The number of amides is 1. The predicted molar refractivity (Wildman–Crippen MR) is 120 cm³/mol. The van der Waals surface area contributed by atoms with E-state index < -0.39 is 5.97 Å². The number of carbonyl (C=O) groups is 2. The van der Waals surface area contributed by atoms with Crippen molar-refractivity contribution in [2.75, 3.05) is 13.1 Å². The van der Waals surface area contributed by atoms with Crippen molar-refractivity contribution < 1.29 is 14.7 Å². The van der Waals surface area contributed by atoms with Gasteiger partial charge < -0.3 is 10.0 Å². The van der Waals surface area contributed by atoms with Crippen molar-refractivity contribution >= 4 is 34.8 Å². The lowest BCUT2D eigenvalue weighted by Gasteiger charge is -2.23. The Hall–Kier alpha value is -2.70. The minimum absolute atomic E-state index is 0.0356. The Bertz CT molecular complexity index is 991. The molecule has 0 aliphatic heterocycles. The summed E-state index contributed by atoms with van der Waals surface area (Å²) < 4.78 is 0. The number of hydrogen-bond acceptors (Lipinski definition) is 4. The Morgan fingerprint density at radius 2 is 1.83 bits per heavy atom. The quantitative estimate of drug-likeness (QED) is 0.468. The molecule has 7 heteroatoms. The molecule has 1 aromatic carbocycles. The summed E-state index contributed by atoms with van der Waals surface area (Å²) >= 11 is 7.35. The van der Waals surface area contributed by atoms with Crippen LogP contribution in [0.15, 0.2) is 60.9 Å². The van der Waals surface area contributed by atoms with E-state index in [2.05, 4.69) is 4.98 Å². The molecule has 156 valence electrons. The van der Waals surface area contributed by atoms with Crippen LogP contribution in [0.4, 0.5) is 0 Å². The first-order chi connectivity index (χ1) is 14.5. The van der Waals surface area contributed by atoms with Crippen LogP contribution in [0.25, 0.3) is 0 Å². The minimum atomic E-state index is -0.902. The summed E-state index contributed by atoms with van der Waals surface area (Å²) in [6.45, 7) is 1.23. The molecule has 1 amide bonds. The summed E-state index contributed by atoms with van der Waals surface area (Å²) in [5, 5.41) is 9.78. The van der Waals surface area contributed by atoms with Gasteiger partial charge in [0.1, 0.15) is 4.88 Å². The van der Waals surface area contributed by atoms with E-state index in [4.69, 9.17) is 16.7 Å². The monoisotopic (exact) mass is 442 g/mol. The van der Waals surface area contributed by atoms with E-state index in [-0.39, 0.29) is 5.91 Å². The molecule has 3 rings (SSSR count). The highest BCUT2D eigenvalue weighted by molar-refractivity contribution is 7.13. The lowest BCUT2D eigenvalue weighted by molar-refractivity contribution is 0.0700. The number of carbonyl (C=O) groups excluding carboxylic acids is 1. The van der Waals surface area contributed by atoms with Crippen molar-refractivity contribution in [1.29, 1.82) is 0 Å². The Morgan fingerprint density at radius 1 is 1.03 bits per heavy atom. The first kappa shape index (κ1) is 22.0. The second kappa shape index (κ2) is 10.9. The minimum Gasteiger partial charge on any atom is -0.477 e. The first-order valence-corrected chi connectivity index (χ1v) is 11.0. The van der Waals surface area contributed by atoms with E-state index in [1.807, 2.05) is 35.2 Å². The van der Waals surface area contributed by atoms with Crippen LogP contribution in [0.5, 0.6) is 0 Å². The van der Waals surface area contributed by atoms with Crippen LogP contribution >= 0.6 is 22.9 Å². The number of carboxylic acids is 1. The smallest absolute Gasteiger partial charge is 0.345 e. The van der Waals surface area contributed by atoms with Gasteiger partial charge in [0.2, 0.25) is 0 Å². The molecule has 0 saturated carbocycles.